The minimum Gasteiger partial charge on any atom is -0.490 e. The van der Waals surface area contributed by atoms with Crippen LogP contribution in [0, 0.1) is 6.07 Å². The Morgan fingerprint density at radius 3 is 2.44 bits per heavy atom. The minimum atomic E-state index is -4.34. The van der Waals surface area contributed by atoms with Gasteiger partial charge in [0, 0.05) is 0 Å². The molecule has 0 aliphatic carbocycles. The average Bonchev–Trinajstić information content (AvgIpc) is 2.13. The molecule has 1 rings (SSSR count). The van der Waals surface area contributed by atoms with E-state index in [9.17, 15) is 13.2 Å². The van der Waals surface area contributed by atoms with E-state index in [1.807, 2.05) is 13.8 Å². The molecule has 0 saturated heterocycles. The molecule has 1 aromatic carbocycles. The summed E-state index contributed by atoms with van der Waals surface area (Å²) >= 11 is 0. The summed E-state index contributed by atoms with van der Waals surface area (Å²) in [6.07, 6.45) is -4.41. The van der Waals surface area contributed by atoms with Crippen molar-refractivity contribution in [2.45, 2.75) is 26.1 Å². The molecule has 0 aliphatic rings. The molecule has 0 aromatic heterocycles. The van der Waals surface area contributed by atoms with Crippen molar-refractivity contribution in [3.63, 3.8) is 0 Å². The Kier molecular flexibility index (Phi) is 4.04. The summed E-state index contributed by atoms with van der Waals surface area (Å²) < 4.78 is 45.4. The Balaban J connectivity index is 2.60. The fourth-order valence-corrected chi connectivity index (χ4v) is 0.994. The lowest BCUT2D eigenvalue weighted by Crippen LogP contribution is -2.19. The number of hydrogen-bond acceptors (Lipinski definition) is 2. The van der Waals surface area contributed by atoms with Crippen molar-refractivity contribution < 1.29 is 22.6 Å². The van der Waals surface area contributed by atoms with Gasteiger partial charge in [-0.1, -0.05) is 6.07 Å². The van der Waals surface area contributed by atoms with Crippen LogP contribution in [-0.2, 0) is 0 Å². The van der Waals surface area contributed by atoms with Crippen LogP contribution < -0.4 is 9.47 Å². The monoisotopic (exact) mass is 233 g/mol. The fraction of sp³-hybridized carbons (Fsp3) is 0.455. The first-order chi connectivity index (χ1) is 7.37. The molecule has 0 atom stereocenters. The molecule has 2 nitrogen and oxygen atoms in total. The zero-order valence-electron chi connectivity index (χ0n) is 8.97. The van der Waals surface area contributed by atoms with Gasteiger partial charge in [0.2, 0.25) is 0 Å². The van der Waals surface area contributed by atoms with Crippen LogP contribution >= 0.6 is 0 Å². The number of rotatable bonds is 4. The molecule has 0 spiro atoms. The molecule has 0 N–H and O–H groups in total. The van der Waals surface area contributed by atoms with Gasteiger partial charge in [-0.2, -0.15) is 13.2 Å². The van der Waals surface area contributed by atoms with Crippen molar-refractivity contribution >= 4 is 0 Å². The van der Waals surface area contributed by atoms with Crippen LogP contribution in [0.3, 0.4) is 0 Å². The molecule has 0 saturated carbocycles. The van der Waals surface area contributed by atoms with Gasteiger partial charge in [-0.15, -0.1) is 0 Å². The number of alkyl halides is 3. The van der Waals surface area contributed by atoms with Crippen molar-refractivity contribution in [2.75, 3.05) is 6.61 Å². The molecule has 0 amide bonds. The van der Waals surface area contributed by atoms with Gasteiger partial charge in [0.05, 0.1) is 12.2 Å². The molecule has 16 heavy (non-hydrogen) atoms. The lowest BCUT2D eigenvalue weighted by Gasteiger charge is -2.12. The summed E-state index contributed by atoms with van der Waals surface area (Å²) in [6, 6.07) is 7.17. The van der Waals surface area contributed by atoms with Gasteiger partial charge in [-0.3, -0.25) is 0 Å². The van der Waals surface area contributed by atoms with Gasteiger partial charge in [0.25, 0.3) is 0 Å². The van der Waals surface area contributed by atoms with Crippen LogP contribution in [0.4, 0.5) is 13.2 Å². The van der Waals surface area contributed by atoms with Crippen LogP contribution in [0.5, 0.6) is 11.5 Å². The van der Waals surface area contributed by atoms with E-state index in [2.05, 4.69) is 10.8 Å². The summed E-state index contributed by atoms with van der Waals surface area (Å²) in [5, 5.41) is 0. The maximum Gasteiger partial charge on any atom is 0.422 e. The summed E-state index contributed by atoms with van der Waals surface area (Å²) in [5.41, 5.74) is 0. The Labute approximate surface area is 92.0 Å². The smallest absolute Gasteiger partial charge is 0.422 e. The first kappa shape index (κ1) is 12.7. The van der Waals surface area contributed by atoms with Gasteiger partial charge in [-0.05, 0) is 26.0 Å². The topological polar surface area (TPSA) is 18.5 Å². The first-order valence-corrected chi connectivity index (χ1v) is 4.75. The van der Waals surface area contributed by atoms with Crippen molar-refractivity contribution in [1.29, 1.82) is 0 Å². The first-order valence-electron chi connectivity index (χ1n) is 4.75. The van der Waals surface area contributed by atoms with Gasteiger partial charge < -0.3 is 9.47 Å². The highest BCUT2D eigenvalue weighted by Crippen LogP contribution is 2.22. The highest BCUT2D eigenvalue weighted by atomic mass is 19.4. The van der Waals surface area contributed by atoms with E-state index in [1.165, 1.54) is 6.07 Å². The van der Waals surface area contributed by atoms with Gasteiger partial charge in [0.15, 0.2) is 6.61 Å². The molecule has 0 fully saturated rings. The Bertz CT molecular complexity index is 334. The summed E-state index contributed by atoms with van der Waals surface area (Å²) in [7, 11) is 0. The second-order valence-corrected chi connectivity index (χ2v) is 3.45. The quantitative estimate of drug-likeness (QED) is 0.795. The predicted molar refractivity (Wildman–Crippen MR) is 52.6 cm³/mol. The van der Waals surface area contributed by atoms with Crippen LogP contribution in [0.1, 0.15) is 13.8 Å². The van der Waals surface area contributed by atoms with Crippen LogP contribution in [0.2, 0.25) is 0 Å². The van der Waals surface area contributed by atoms with Crippen molar-refractivity contribution in [3.05, 3.63) is 24.3 Å². The maximum absolute atomic E-state index is 11.9. The molecule has 0 heterocycles. The van der Waals surface area contributed by atoms with E-state index >= 15 is 0 Å². The van der Waals surface area contributed by atoms with Gasteiger partial charge in [0.1, 0.15) is 11.5 Å². The molecule has 1 radical (unpaired) electrons. The largest absolute Gasteiger partial charge is 0.490 e. The van der Waals surface area contributed by atoms with Gasteiger partial charge in [-0.25, -0.2) is 0 Å². The van der Waals surface area contributed by atoms with Crippen LogP contribution in [0.25, 0.3) is 0 Å². The Morgan fingerprint density at radius 1 is 1.25 bits per heavy atom. The molecule has 1 aromatic rings. The number of ether oxygens (including phenoxy) is 2. The van der Waals surface area contributed by atoms with E-state index in [1.54, 1.807) is 12.1 Å². The van der Waals surface area contributed by atoms with E-state index in [4.69, 9.17) is 4.74 Å². The fourth-order valence-electron chi connectivity index (χ4n) is 0.994. The summed E-state index contributed by atoms with van der Waals surface area (Å²) in [4.78, 5) is 0. The van der Waals surface area contributed by atoms with Crippen LogP contribution in [-0.4, -0.2) is 18.9 Å². The number of benzene rings is 1. The second-order valence-electron chi connectivity index (χ2n) is 3.45. The lowest BCUT2D eigenvalue weighted by atomic mass is 10.3. The average molecular weight is 233 g/mol. The highest BCUT2D eigenvalue weighted by Gasteiger charge is 2.28. The molecule has 89 valence electrons. The standard InChI is InChI=1S/C11H12F3O2/c1-8(2)16-10-5-3-4-9(6-10)15-7-11(12,13)14/h3-5,8H,7H2,1-2H3. The normalized spacial score (nSPS) is 11.6. The molecular weight excluding hydrogens is 221 g/mol. The number of hydrogen-bond donors (Lipinski definition) is 0. The number of halogens is 3. The Hall–Kier alpha value is -1.39. The van der Waals surface area contributed by atoms with Crippen LogP contribution in [0.15, 0.2) is 18.2 Å². The van der Waals surface area contributed by atoms with Crippen molar-refractivity contribution in [2.24, 2.45) is 0 Å². The second kappa shape index (κ2) is 5.09. The summed E-state index contributed by atoms with van der Waals surface area (Å²) in [6.45, 7) is 2.31. The molecule has 5 heteroatoms. The lowest BCUT2D eigenvalue weighted by molar-refractivity contribution is -0.153. The highest BCUT2D eigenvalue weighted by molar-refractivity contribution is 5.31. The van der Waals surface area contributed by atoms with Crippen molar-refractivity contribution in [1.82, 2.24) is 0 Å². The van der Waals surface area contributed by atoms with E-state index in [0.717, 1.165) is 0 Å². The Morgan fingerprint density at radius 2 is 1.88 bits per heavy atom. The molecule has 0 unspecified atom stereocenters. The zero-order valence-corrected chi connectivity index (χ0v) is 8.97. The third kappa shape index (κ3) is 4.91. The predicted octanol–water partition coefficient (Wildman–Crippen LogP) is 3.22. The SMILES string of the molecule is CC(C)Oc1[c]c(OCC(F)(F)F)ccc1. The van der Waals surface area contributed by atoms with Gasteiger partial charge >= 0.3 is 6.18 Å². The summed E-state index contributed by atoms with van der Waals surface area (Å²) in [5.74, 6) is 0.394. The van der Waals surface area contributed by atoms with E-state index < -0.39 is 12.8 Å². The van der Waals surface area contributed by atoms with Crippen molar-refractivity contribution in [3.8, 4) is 11.5 Å². The molecular formula is C11H12F3O2. The maximum atomic E-state index is 11.9. The van der Waals surface area contributed by atoms with E-state index in [-0.39, 0.29) is 11.9 Å². The zero-order chi connectivity index (χ0) is 12.2. The third-order valence-corrected chi connectivity index (χ3v) is 1.50. The molecule has 0 bridgehead atoms. The molecule has 0 aliphatic heterocycles. The third-order valence-electron chi connectivity index (χ3n) is 1.50. The van der Waals surface area contributed by atoms with E-state index in [0.29, 0.717) is 5.75 Å². The minimum absolute atomic E-state index is 0.0236.